The highest BCUT2D eigenvalue weighted by atomic mass is 19.3. The van der Waals surface area contributed by atoms with Crippen LogP contribution in [-0.2, 0) is 4.74 Å². The van der Waals surface area contributed by atoms with Crippen molar-refractivity contribution in [1.82, 2.24) is 0 Å². The summed E-state index contributed by atoms with van der Waals surface area (Å²) in [5.41, 5.74) is 6.49. The molecule has 4 unspecified atom stereocenters. The number of hydrogen-bond acceptors (Lipinski definition) is 2. The van der Waals surface area contributed by atoms with Crippen molar-refractivity contribution < 1.29 is 13.5 Å². The molecule has 92 valence electrons. The Kier molecular flexibility index (Phi) is 3.05. The van der Waals surface area contributed by atoms with Crippen LogP contribution >= 0.6 is 0 Å². The lowest BCUT2D eigenvalue weighted by molar-refractivity contribution is 0.0178. The van der Waals surface area contributed by atoms with E-state index in [0.717, 1.165) is 25.3 Å². The van der Waals surface area contributed by atoms with Gasteiger partial charge in [-0.3, -0.25) is 0 Å². The fourth-order valence-electron chi connectivity index (χ4n) is 2.72. The van der Waals surface area contributed by atoms with Crippen LogP contribution in [0.25, 0.3) is 0 Å². The maximum atomic E-state index is 13.1. The Morgan fingerprint density at radius 3 is 2.69 bits per heavy atom. The number of ether oxygens (including phenoxy) is 1. The first-order valence-electron chi connectivity index (χ1n) is 5.86. The molecule has 16 heavy (non-hydrogen) atoms. The lowest BCUT2D eigenvalue weighted by Gasteiger charge is -2.30. The van der Waals surface area contributed by atoms with Crippen molar-refractivity contribution in [1.29, 1.82) is 0 Å². The zero-order chi connectivity index (χ0) is 11.9. The van der Waals surface area contributed by atoms with Gasteiger partial charge in [0.1, 0.15) is 12.3 Å². The molecule has 0 spiro atoms. The minimum absolute atomic E-state index is 0.0381. The van der Waals surface area contributed by atoms with Gasteiger partial charge < -0.3 is 10.5 Å². The molecule has 2 N–H and O–H groups in total. The van der Waals surface area contributed by atoms with E-state index in [2.05, 4.69) is 6.92 Å². The smallest absolute Gasteiger partial charge is 0.249 e. The number of hydrogen-bond donors (Lipinski definition) is 1. The maximum absolute atomic E-state index is 13.1. The second-order valence-corrected chi connectivity index (χ2v) is 5.17. The molecule has 2 aliphatic rings. The summed E-state index contributed by atoms with van der Waals surface area (Å²) < 4.78 is 31.4. The molecule has 1 saturated heterocycles. The lowest BCUT2D eigenvalue weighted by Crippen LogP contribution is -2.29. The van der Waals surface area contributed by atoms with Gasteiger partial charge in [-0.05, 0) is 25.7 Å². The Morgan fingerprint density at radius 2 is 2.19 bits per heavy atom. The van der Waals surface area contributed by atoms with Gasteiger partial charge in [-0.2, -0.15) is 0 Å². The quantitative estimate of drug-likeness (QED) is 0.599. The van der Waals surface area contributed by atoms with Gasteiger partial charge in [0.2, 0.25) is 5.92 Å². The van der Waals surface area contributed by atoms with Gasteiger partial charge >= 0.3 is 0 Å². The van der Waals surface area contributed by atoms with Crippen LogP contribution in [0.15, 0.2) is 11.6 Å². The first-order chi connectivity index (χ1) is 7.38. The summed E-state index contributed by atoms with van der Waals surface area (Å²) in [4.78, 5) is 0. The molecule has 1 fully saturated rings. The van der Waals surface area contributed by atoms with Crippen LogP contribution < -0.4 is 5.73 Å². The molecular formula is C12H19F2NO. The number of rotatable bonds is 3. The third-order valence-electron chi connectivity index (χ3n) is 3.50. The molecule has 1 aliphatic carbocycles. The number of halogens is 2. The fourth-order valence-corrected chi connectivity index (χ4v) is 2.72. The molecule has 0 bridgehead atoms. The van der Waals surface area contributed by atoms with Crippen molar-refractivity contribution in [2.75, 3.05) is 0 Å². The van der Waals surface area contributed by atoms with Crippen LogP contribution in [0.2, 0.25) is 0 Å². The second-order valence-electron chi connectivity index (χ2n) is 5.17. The Hall–Kier alpha value is -0.480. The summed E-state index contributed by atoms with van der Waals surface area (Å²) in [7, 11) is 0. The maximum Gasteiger partial charge on any atom is 0.249 e. The van der Waals surface area contributed by atoms with Gasteiger partial charge in [0, 0.05) is 12.3 Å². The van der Waals surface area contributed by atoms with E-state index in [1.54, 1.807) is 0 Å². The van der Waals surface area contributed by atoms with Crippen LogP contribution in [0.3, 0.4) is 0 Å². The van der Waals surface area contributed by atoms with Crippen LogP contribution in [0.5, 0.6) is 0 Å². The van der Waals surface area contributed by atoms with Crippen molar-refractivity contribution >= 4 is 0 Å². The first kappa shape index (κ1) is 12.0. The third-order valence-corrected chi connectivity index (χ3v) is 3.50. The molecule has 2 nitrogen and oxygen atoms in total. The molecule has 1 heterocycles. The second kappa shape index (κ2) is 4.08. The summed E-state index contributed by atoms with van der Waals surface area (Å²) in [6, 6.07) is 0. The zero-order valence-corrected chi connectivity index (χ0v) is 9.75. The largest absolute Gasteiger partial charge is 0.353 e. The Bertz CT molecular complexity index is 298. The normalized spacial score (nSPS) is 39.4. The van der Waals surface area contributed by atoms with Gasteiger partial charge in [-0.25, -0.2) is 8.78 Å². The number of alkyl halides is 2. The summed E-state index contributed by atoms with van der Waals surface area (Å²) in [5.74, 6) is -2.16. The topological polar surface area (TPSA) is 38.5 Å². The Morgan fingerprint density at radius 1 is 1.56 bits per heavy atom. The van der Waals surface area contributed by atoms with Crippen LogP contribution in [-0.4, -0.2) is 18.3 Å². The fraction of sp³-hybridized carbons (Fsp3) is 0.833. The van der Waals surface area contributed by atoms with Crippen LogP contribution in [0.4, 0.5) is 8.78 Å². The molecular weight excluding hydrogens is 212 g/mol. The SMILES string of the molecule is CC1CCC=C(CC(C)(F)F)C1C1OC1N. The summed E-state index contributed by atoms with van der Waals surface area (Å²) >= 11 is 0. The predicted molar refractivity (Wildman–Crippen MR) is 58.1 cm³/mol. The van der Waals surface area contributed by atoms with Gasteiger partial charge in [-0.15, -0.1) is 0 Å². The Labute approximate surface area is 94.8 Å². The number of epoxide rings is 1. The van der Waals surface area contributed by atoms with E-state index in [1.165, 1.54) is 0 Å². The minimum atomic E-state index is -2.64. The van der Waals surface area contributed by atoms with E-state index in [4.69, 9.17) is 10.5 Å². The molecule has 0 aromatic carbocycles. The summed E-state index contributed by atoms with van der Waals surface area (Å²) in [6.45, 7) is 3.07. The van der Waals surface area contributed by atoms with E-state index in [0.29, 0.717) is 5.92 Å². The van der Waals surface area contributed by atoms with E-state index in [-0.39, 0.29) is 24.7 Å². The number of nitrogens with two attached hydrogens (primary N) is 1. The molecule has 1 aliphatic heterocycles. The van der Waals surface area contributed by atoms with E-state index in [1.807, 2.05) is 6.08 Å². The lowest BCUT2D eigenvalue weighted by atomic mass is 9.75. The van der Waals surface area contributed by atoms with Gasteiger partial charge in [0.25, 0.3) is 0 Å². The summed E-state index contributed by atoms with van der Waals surface area (Å²) in [5, 5.41) is 0. The molecule has 2 rings (SSSR count). The molecule has 0 amide bonds. The molecule has 4 heteroatoms. The monoisotopic (exact) mass is 231 g/mol. The van der Waals surface area contributed by atoms with Gasteiger partial charge in [-0.1, -0.05) is 18.6 Å². The summed E-state index contributed by atoms with van der Waals surface area (Å²) in [6.07, 6.45) is 3.44. The predicted octanol–water partition coefficient (Wildman–Crippen LogP) is 2.69. The average Bonchev–Trinajstić information content (AvgIpc) is 2.79. The standard InChI is InChI=1S/C12H19F2NO/c1-7-4-3-5-8(6-12(2,13)14)9(7)10-11(15)16-10/h5,7,9-11H,3-4,6,15H2,1-2H3. The van der Waals surface area contributed by atoms with Crippen LogP contribution in [0.1, 0.15) is 33.1 Å². The highest BCUT2D eigenvalue weighted by Crippen LogP contribution is 2.43. The average molecular weight is 231 g/mol. The van der Waals surface area contributed by atoms with Crippen LogP contribution in [0, 0.1) is 11.8 Å². The number of allylic oxidation sites excluding steroid dienone is 1. The van der Waals surface area contributed by atoms with E-state index in [9.17, 15) is 8.78 Å². The minimum Gasteiger partial charge on any atom is -0.353 e. The van der Waals surface area contributed by atoms with E-state index >= 15 is 0 Å². The van der Waals surface area contributed by atoms with Gasteiger partial charge in [0.15, 0.2) is 0 Å². The highest BCUT2D eigenvalue weighted by Gasteiger charge is 2.47. The van der Waals surface area contributed by atoms with E-state index < -0.39 is 5.92 Å². The molecule has 4 atom stereocenters. The molecule has 0 saturated carbocycles. The molecule has 0 aromatic heterocycles. The van der Waals surface area contributed by atoms with Crippen molar-refractivity contribution in [3.63, 3.8) is 0 Å². The van der Waals surface area contributed by atoms with Crippen molar-refractivity contribution in [2.24, 2.45) is 17.6 Å². The first-order valence-corrected chi connectivity index (χ1v) is 5.86. The highest BCUT2D eigenvalue weighted by molar-refractivity contribution is 5.18. The molecule has 0 aromatic rings. The van der Waals surface area contributed by atoms with Crippen molar-refractivity contribution in [2.45, 2.75) is 51.4 Å². The zero-order valence-electron chi connectivity index (χ0n) is 9.75. The van der Waals surface area contributed by atoms with Crippen molar-refractivity contribution in [3.05, 3.63) is 11.6 Å². The molecule has 0 radical (unpaired) electrons. The Balaban J connectivity index is 2.10. The van der Waals surface area contributed by atoms with Crippen molar-refractivity contribution in [3.8, 4) is 0 Å². The van der Waals surface area contributed by atoms with Gasteiger partial charge in [0.05, 0.1) is 0 Å². The third kappa shape index (κ3) is 2.61.